The number of hydrogen-bond acceptors (Lipinski definition) is 4. The predicted molar refractivity (Wildman–Crippen MR) is 59.6 cm³/mol. The third kappa shape index (κ3) is 3.21. The molecule has 0 aliphatic heterocycles. The number of carbonyl (C=O) groups is 2. The molecule has 1 amide bonds. The van der Waals surface area contributed by atoms with Crippen LogP contribution in [0.3, 0.4) is 0 Å². The van der Waals surface area contributed by atoms with E-state index in [0.717, 1.165) is 0 Å². The highest BCUT2D eigenvalue weighted by Crippen LogP contribution is 2.21. The van der Waals surface area contributed by atoms with Gasteiger partial charge in [0.15, 0.2) is 0 Å². The van der Waals surface area contributed by atoms with Crippen LogP contribution in [-0.4, -0.2) is 24.9 Å². The van der Waals surface area contributed by atoms with E-state index < -0.39 is 5.97 Å². The van der Waals surface area contributed by atoms with Crippen molar-refractivity contribution in [1.29, 1.82) is 0 Å². The maximum Gasteiger partial charge on any atom is 0.340 e. The van der Waals surface area contributed by atoms with Gasteiger partial charge in [-0.25, -0.2) is 4.79 Å². The molecule has 1 N–H and O–H groups in total. The molecule has 0 saturated heterocycles. The maximum atomic E-state index is 11.2. The van der Waals surface area contributed by atoms with Crippen LogP contribution >= 0.6 is 22.9 Å². The van der Waals surface area contributed by atoms with Gasteiger partial charge >= 0.3 is 5.97 Å². The first-order valence-electron chi connectivity index (χ1n) is 4.19. The summed E-state index contributed by atoms with van der Waals surface area (Å²) >= 11 is 6.74. The fourth-order valence-electron chi connectivity index (χ4n) is 0.960. The molecule has 0 fully saturated rings. The second-order valence-electron chi connectivity index (χ2n) is 2.68. The van der Waals surface area contributed by atoms with Crippen LogP contribution in [0.1, 0.15) is 16.8 Å². The SMILES string of the molecule is COC(=O)c1cscc1NC(=O)CCCl. The Labute approximate surface area is 96.2 Å². The number of nitrogens with one attached hydrogen (secondary N) is 1. The Morgan fingerprint density at radius 1 is 1.53 bits per heavy atom. The molecule has 0 atom stereocenters. The lowest BCUT2D eigenvalue weighted by atomic mass is 10.3. The summed E-state index contributed by atoms with van der Waals surface area (Å²) < 4.78 is 4.57. The normalized spacial score (nSPS) is 9.73. The monoisotopic (exact) mass is 247 g/mol. The number of anilines is 1. The third-order valence-corrected chi connectivity index (χ3v) is 2.60. The number of thiophene rings is 1. The molecule has 1 aromatic rings. The molecule has 82 valence electrons. The second kappa shape index (κ2) is 5.72. The third-order valence-electron chi connectivity index (χ3n) is 1.66. The quantitative estimate of drug-likeness (QED) is 0.655. The predicted octanol–water partition coefficient (Wildman–Crippen LogP) is 2.10. The number of rotatable bonds is 4. The number of methoxy groups -OCH3 is 1. The minimum absolute atomic E-state index is 0.214. The van der Waals surface area contributed by atoms with Crippen molar-refractivity contribution in [2.45, 2.75) is 6.42 Å². The summed E-state index contributed by atoms with van der Waals surface area (Å²) in [6.45, 7) is 0. The molecule has 0 spiro atoms. The van der Waals surface area contributed by atoms with Gasteiger partial charge in [0, 0.05) is 23.1 Å². The van der Waals surface area contributed by atoms with E-state index in [0.29, 0.717) is 11.3 Å². The van der Waals surface area contributed by atoms with E-state index in [-0.39, 0.29) is 18.2 Å². The summed E-state index contributed by atoms with van der Waals surface area (Å²) in [5.41, 5.74) is 0.840. The fraction of sp³-hybridized carbons (Fsp3) is 0.333. The zero-order chi connectivity index (χ0) is 11.3. The summed E-state index contributed by atoms with van der Waals surface area (Å²) in [5.74, 6) is -0.422. The van der Waals surface area contributed by atoms with Crippen LogP contribution in [0.5, 0.6) is 0 Å². The molecular formula is C9H10ClNO3S. The summed E-state index contributed by atoms with van der Waals surface area (Å²) in [5, 5.41) is 5.90. The average molecular weight is 248 g/mol. The molecule has 0 radical (unpaired) electrons. The van der Waals surface area contributed by atoms with Crippen LogP contribution in [0.2, 0.25) is 0 Å². The molecule has 6 heteroatoms. The number of halogens is 1. The lowest BCUT2D eigenvalue weighted by molar-refractivity contribution is -0.115. The van der Waals surface area contributed by atoms with E-state index in [1.165, 1.54) is 18.4 Å². The molecular weight excluding hydrogens is 238 g/mol. The Morgan fingerprint density at radius 2 is 2.27 bits per heavy atom. The van der Waals surface area contributed by atoms with Crippen molar-refractivity contribution in [3.8, 4) is 0 Å². The van der Waals surface area contributed by atoms with Gasteiger partial charge in [-0.15, -0.1) is 22.9 Å². The Balaban J connectivity index is 2.73. The molecule has 15 heavy (non-hydrogen) atoms. The Bertz CT molecular complexity index is 364. The summed E-state index contributed by atoms with van der Waals surface area (Å²) in [7, 11) is 1.30. The Kier molecular flexibility index (Phi) is 4.58. The van der Waals surface area contributed by atoms with E-state index >= 15 is 0 Å². The van der Waals surface area contributed by atoms with E-state index in [9.17, 15) is 9.59 Å². The minimum atomic E-state index is -0.461. The number of amides is 1. The van der Waals surface area contributed by atoms with Crippen molar-refractivity contribution in [3.05, 3.63) is 16.3 Å². The van der Waals surface area contributed by atoms with E-state index in [4.69, 9.17) is 11.6 Å². The fourth-order valence-corrected chi connectivity index (χ4v) is 1.88. The van der Waals surface area contributed by atoms with E-state index in [1.807, 2.05) is 0 Å². The van der Waals surface area contributed by atoms with Gasteiger partial charge in [0.05, 0.1) is 18.4 Å². The molecule has 0 bridgehead atoms. The highest BCUT2D eigenvalue weighted by Gasteiger charge is 2.14. The topological polar surface area (TPSA) is 55.4 Å². The zero-order valence-electron chi connectivity index (χ0n) is 8.08. The van der Waals surface area contributed by atoms with Gasteiger partial charge < -0.3 is 10.1 Å². The first-order chi connectivity index (χ1) is 7.19. The highest BCUT2D eigenvalue weighted by molar-refractivity contribution is 7.08. The summed E-state index contributed by atoms with van der Waals surface area (Å²) in [6, 6.07) is 0. The van der Waals surface area contributed by atoms with E-state index in [1.54, 1.807) is 10.8 Å². The van der Waals surface area contributed by atoms with Crippen LogP contribution in [0.4, 0.5) is 5.69 Å². The van der Waals surface area contributed by atoms with Gasteiger partial charge in [0.25, 0.3) is 0 Å². The largest absolute Gasteiger partial charge is 0.465 e. The number of esters is 1. The molecule has 0 aliphatic rings. The van der Waals surface area contributed by atoms with Crippen LogP contribution < -0.4 is 5.32 Å². The number of hydrogen-bond donors (Lipinski definition) is 1. The molecule has 0 unspecified atom stereocenters. The van der Waals surface area contributed by atoms with Crippen molar-refractivity contribution in [1.82, 2.24) is 0 Å². The molecule has 0 aliphatic carbocycles. The first-order valence-corrected chi connectivity index (χ1v) is 5.67. The highest BCUT2D eigenvalue weighted by atomic mass is 35.5. The van der Waals surface area contributed by atoms with E-state index in [2.05, 4.69) is 10.1 Å². The van der Waals surface area contributed by atoms with Gasteiger partial charge in [0.2, 0.25) is 5.91 Å². The lowest BCUT2D eigenvalue weighted by Gasteiger charge is -2.03. The van der Waals surface area contributed by atoms with Crippen LogP contribution in [0.25, 0.3) is 0 Å². The van der Waals surface area contributed by atoms with Gasteiger partial charge in [0.1, 0.15) is 0 Å². The minimum Gasteiger partial charge on any atom is -0.465 e. The molecule has 1 heterocycles. The van der Waals surface area contributed by atoms with Crippen molar-refractivity contribution in [2.24, 2.45) is 0 Å². The number of alkyl halides is 1. The average Bonchev–Trinajstić information content (AvgIpc) is 2.65. The van der Waals surface area contributed by atoms with Gasteiger partial charge in [-0.2, -0.15) is 0 Å². The van der Waals surface area contributed by atoms with Gasteiger partial charge in [-0.1, -0.05) is 0 Å². The lowest BCUT2D eigenvalue weighted by Crippen LogP contribution is -2.14. The molecule has 0 aromatic carbocycles. The van der Waals surface area contributed by atoms with Crippen molar-refractivity contribution >= 4 is 40.5 Å². The zero-order valence-corrected chi connectivity index (χ0v) is 9.65. The summed E-state index contributed by atoms with van der Waals surface area (Å²) in [4.78, 5) is 22.5. The smallest absolute Gasteiger partial charge is 0.340 e. The van der Waals surface area contributed by atoms with Crippen LogP contribution in [-0.2, 0) is 9.53 Å². The first kappa shape index (κ1) is 12.0. The Morgan fingerprint density at radius 3 is 2.87 bits per heavy atom. The van der Waals surface area contributed by atoms with Crippen molar-refractivity contribution in [2.75, 3.05) is 18.3 Å². The summed E-state index contributed by atoms with van der Waals surface area (Å²) in [6.07, 6.45) is 0.220. The van der Waals surface area contributed by atoms with Crippen molar-refractivity contribution < 1.29 is 14.3 Å². The number of carbonyl (C=O) groups excluding carboxylic acids is 2. The molecule has 4 nitrogen and oxygen atoms in total. The van der Waals surface area contributed by atoms with Gasteiger partial charge in [-0.3, -0.25) is 4.79 Å². The molecule has 1 rings (SSSR count). The van der Waals surface area contributed by atoms with Crippen LogP contribution in [0.15, 0.2) is 10.8 Å². The second-order valence-corrected chi connectivity index (χ2v) is 3.80. The standard InChI is InChI=1S/C9H10ClNO3S/c1-14-9(13)6-4-15-5-7(6)11-8(12)2-3-10/h4-5H,2-3H2,1H3,(H,11,12). The number of ether oxygens (including phenoxy) is 1. The van der Waals surface area contributed by atoms with Crippen molar-refractivity contribution in [3.63, 3.8) is 0 Å². The molecule has 1 aromatic heterocycles. The van der Waals surface area contributed by atoms with Crippen LogP contribution in [0, 0.1) is 0 Å². The molecule has 0 saturated carbocycles. The Hall–Kier alpha value is -1.07. The maximum absolute atomic E-state index is 11.2. The van der Waals surface area contributed by atoms with Gasteiger partial charge in [-0.05, 0) is 0 Å².